The Bertz CT molecular complexity index is 798. The molecule has 204 valence electrons. The molecule has 3 unspecified atom stereocenters. The van der Waals surface area contributed by atoms with Crippen molar-refractivity contribution in [2.75, 3.05) is 16.8 Å². The average Bonchev–Trinajstić information content (AvgIpc) is 2.81. The van der Waals surface area contributed by atoms with Gasteiger partial charge in [-0.1, -0.05) is 84.3 Å². The maximum Gasteiger partial charge on any atom is 0.338 e. The van der Waals surface area contributed by atoms with Crippen LogP contribution in [-0.2, 0) is 4.79 Å². The summed E-state index contributed by atoms with van der Waals surface area (Å²) in [7, 11) is 0. The molecule has 1 aromatic rings. The van der Waals surface area contributed by atoms with Gasteiger partial charge in [-0.05, 0) is 37.5 Å². The Balaban J connectivity index is 2.22. The van der Waals surface area contributed by atoms with Crippen LogP contribution < -0.4 is 5.32 Å². The third-order valence-electron chi connectivity index (χ3n) is 6.47. The van der Waals surface area contributed by atoms with Crippen molar-refractivity contribution in [2.45, 2.75) is 98.4 Å². The topological polar surface area (TPSA) is 112 Å². The molecular weight excluding hydrogens is 474 g/mol. The highest BCUT2D eigenvalue weighted by atomic mass is 32.2. The first-order valence-electron chi connectivity index (χ1n) is 13.4. The number of aromatic nitrogens is 2. The van der Waals surface area contributed by atoms with E-state index in [-0.39, 0.29) is 11.5 Å². The van der Waals surface area contributed by atoms with Crippen LogP contribution in [0.15, 0.2) is 24.0 Å². The fourth-order valence-corrected chi connectivity index (χ4v) is 5.04. The third kappa shape index (κ3) is 15.1. The lowest BCUT2D eigenvalue weighted by atomic mass is 9.91. The Kier molecular flexibility index (Phi) is 16.1. The van der Waals surface area contributed by atoms with Crippen LogP contribution in [0.1, 0.15) is 103 Å². The second kappa shape index (κ2) is 18.2. The van der Waals surface area contributed by atoms with Gasteiger partial charge >= 0.3 is 11.9 Å². The van der Waals surface area contributed by atoms with Crippen molar-refractivity contribution in [3.8, 4) is 0 Å². The van der Waals surface area contributed by atoms with Crippen LogP contribution in [0.5, 0.6) is 0 Å². The number of aromatic carboxylic acids is 1. The molecule has 0 spiro atoms. The molecule has 1 heterocycles. The summed E-state index contributed by atoms with van der Waals surface area (Å²) in [5.41, 5.74) is 1.31. The number of aliphatic carboxylic acids is 1. The van der Waals surface area contributed by atoms with Crippen LogP contribution in [0.25, 0.3) is 0 Å². The number of allylic oxidation sites excluding steroid dienone is 1. The minimum atomic E-state index is -1.12. The van der Waals surface area contributed by atoms with Crippen LogP contribution in [0.2, 0.25) is 0 Å². The zero-order chi connectivity index (χ0) is 26.9. The number of nitrogens with zero attached hydrogens (tertiary/aromatic N) is 2. The lowest BCUT2D eigenvalue weighted by Gasteiger charge is -2.15. The molecule has 0 aromatic carbocycles. The van der Waals surface area contributed by atoms with Crippen molar-refractivity contribution in [3.63, 3.8) is 0 Å². The van der Waals surface area contributed by atoms with E-state index < -0.39 is 18.0 Å². The van der Waals surface area contributed by atoms with E-state index in [1.54, 1.807) is 0 Å². The molecular formula is C28H47N3O4S. The minimum Gasteiger partial charge on any atom is -0.480 e. The maximum atomic E-state index is 11.6. The normalized spacial score (nSPS) is 14.4. The lowest BCUT2D eigenvalue weighted by molar-refractivity contribution is -0.137. The number of rotatable bonds is 20. The molecule has 0 aliphatic rings. The number of carboxylic acids is 2. The summed E-state index contributed by atoms with van der Waals surface area (Å²) < 4.78 is 0. The van der Waals surface area contributed by atoms with Gasteiger partial charge in [0.2, 0.25) is 5.95 Å². The summed E-state index contributed by atoms with van der Waals surface area (Å²) in [5, 5.41) is 21.1. The van der Waals surface area contributed by atoms with Gasteiger partial charge in [0.25, 0.3) is 0 Å². The number of anilines is 1. The highest BCUT2D eigenvalue weighted by molar-refractivity contribution is 7.99. The summed E-state index contributed by atoms with van der Waals surface area (Å²) in [5.74, 6) is 1.53. The Morgan fingerprint density at radius 1 is 0.944 bits per heavy atom. The largest absolute Gasteiger partial charge is 0.480 e. The monoisotopic (exact) mass is 521 g/mol. The molecule has 0 fully saturated rings. The molecule has 8 heteroatoms. The molecule has 3 atom stereocenters. The third-order valence-corrected chi connectivity index (χ3v) is 7.45. The molecule has 0 amide bonds. The van der Waals surface area contributed by atoms with E-state index in [1.165, 1.54) is 68.7 Å². The molecule has 0 aliphatic carbocycles. The van der Waals surface area contributed by atoms with Crippen molar-refractivity contribution in [3.05, 3.63) is 29.6 Å². The molecule has 1 aromatic heterocycles. The zero-order valence-electron chi connectivity index (χ0n) is 22.8. The van der Waals surface area contributed by atoms with E-state index in [1.807, 2.05) is 0 Å². The Morgan fingerprint density at radius 3 is 2.03 bits per heavy atom. The molecule has 7 nitrogen and oxygen atoms in total. The average molecular weight is 522 g/mol. The molecule has 3 N–H and O–H groups in total. The molecule has 0 aliphatic heterocycles. The SMILES string of the molecule is C/C(=C\CSCC(Nc1ncc(C(=O)O)cn1)C(=O)O)CCCC(C)CCCC(C)CCCC(C)C. The lowest BCUT2D eigenvalue weighted by Crippen LogP contribution is -2.32. The van der Waals surface area contributed by atoms with Crippen molar-refractivity contribution in [1.82, 2.24) is 9.97 Å². The maximum absolute atomic E-state index is 11.6. The van der Waals surface area contributed by atoms with E-state index in [4.69, 9.17) is 5.11 Å². The Morgan fingerprint density at radius 2 is 1.50 bits per heavy atom. The first-order valence-corrected chi connectivity index (χ1v) is 14.5. The fraction of sp³-hybridized carbons (Fsp3) is 0.714. The summed E-state index contributed by atoms with van der Waals surface area (Å²) in [6.07, 6.45) is 16.1. The second-order valence-corrected chi connectivity index (χ2v) is 11.7. The number of hydrogen-bond donors (Lipinski definition) is 3. The standard InChI is InChI=1S/C28H47N3O4S/c1-20(2)9-6-10-21(3)11-7-12-22(4)13-8-14-23(5)15-16-36-19-25(27(34)35)31-28-29-17-24(18-30-28)26(32)33/h15,17-18,20-22,25H,6-14,16,19H2,1-5H3,(H,32,33)(H,34,35)(H,29,30,31)/b23-15+. The van der Waals surface area contributed by atoms with Crippen LogP contribution >= 0.6 is 11.8 Å². The van der Waals surface area contributed by atoms with Crippen molar-refractivity contribution in [2.24, 2.45) is 17.8 Å². The van der Waals surface area contributed by atoms with E-state index in [2.05, 4.69) is 56.0 Å². The summed E-state index contributed by atoms with van der Waals surface area (Å²) in [6.45, 7) is 11.5. The van der Waals surface area contributed by atoms with E-state index >= 15 is 0 Å². The fourth-order valence-electron chi connectivity index (χ4n) is 4.04. The molecule has 1 rings (SSSR count). The number of carboxylic acid groups (broad SMARTS) is 2. The summed E-state index contributed by atoms with van der Waals surface area (Å²) >= 11 is 1.54. The van der Waals surface area contributed by atoms with Gasteiger partial charge in [0.1, 0.15) is 6.04 Å². The van der Waals surface area contributed by atoms with E-state index in [0.717, 1.165) is 42.3 Å². The van der Waals surface area contributed by atoms with Crippen LogP contribution in [0.3, 0.4) is 0 Å². The van der Waals surface area contributed by atoms with Gasteiger partial charge < -0.3 is 15.5 Å². The summed E-state index contributed by atoms with van der Waals surface area (Å²) in [4.78, 5) is 30.2. The van der Waals surface area contributed by atoms with Crippen molar-refractivity contribution in [1.29, 1.82) is 0 Å². The summed E-state index contributed by atoms with van der Waals surface area (Å²) in [6, 6.07) is -0.849. The van der Waals surface area contributed by atoms with Gasteiger partial charge in [0.15, 0.2) is 0 Å². The van der Waals surface area contributed by atoms with E-state index in [9.17, 15) is 14.7 Å². The zero-order valence-corrected chi connectivity index (χ0v) is 23.6. The van der Waals surface area contributed by atoms with Gasteiger partial charge in [-0.25, -0.2) is 19.6 Å². The van der Waals surface area contributed by atoms with Crippen LogP contribution in [0.4, 0.5) is 5.95 Å². The van der Waals surface area contributed by atoms with Gasteiger partial charge in [-0.3, -0.25) is 0 Å². The number of hydrogen-bond acceptors (Lipinski definition) is 6. The molecule has 36 heavy (non-hydrogen) atoms. The second-order valence-electron chi connectivity index (χ2n) is 10.6. The van der Waals surface area contributed by atoms with Crippen molar-refractivity contribution < 1.29 is 19.8 Å². The predicted molar refractivity (Wildman–Crippen MR) is 150 cm³/mol. The van der Waals surface area contributed by atoms with Crippen LogP contribution in [0, 0.1) is 17.8 Å². The van der Waals surface area contributed by atoms with Gasteiger partial charge in [0.05, 0.1) is 5.56 Å². The molecule has 0 saturated heterocycles. The van der Waals surface area contributed by atoms with Gasteiger partial charge in [0, 0.05) is 23.9 Å². The first-order chi connectivity index (χ1) is 17.1. The smallest absolute Gasteiger partial charge is 0.338 e. The van der Waals surface area contributed by atoms with Gasteiger partial charge in [-0.15, -0.1) is 0 Å². The van der Waals surface area contributed by atoms with Crippen LogP contribution in [-0.4, -0.2) is 49.7 Å². The molecule has 0 bridgehead atoms. The Labute approximate surface area is 222 Å². The molecule has 0 saturated carbocycles. The molecule has 0 radical (unpaired) electrons. The first kappa shape index (κ1) is 31.9. The quantitative estimate of drug-likeness (QED) is 0.122. The highest BCUT2D eigenvalue weighted by Crippen LogP contribution is 2.22. The van der Waals surface area contributed by atoms with Crippen molar-refractivity contribution >= 4 is 29.6 Å². The van der Waals surface area contributed by atoms with Gasteiger partial charge in [-0.2, -0.15) is 11.8 Å². The highest BCUT2D eigenvalue weighted by Gasteiger charge is 2.18. The number of carbonyl (C=O) groups is 2. The Hall–Kier alpha value is -2.09. The minimum absolute atomic E-state index is 0.0427. The number of nitrogens with one attached hydrogen (secondary N) is 1. The number of thioether (sulfide) groups is 1. The van der Waals surface area contributed by atoms with E-state index in [0.29, 0.717) is 5.75 Å². The predicted octanol–water partition coefficient (Wildman–Crippen LogP) is 7.16.